The molecule has 1 aromatic carbocycles. The second kappa shape index (κ2) is 6.30. The van der Waals surface area contributed by atoms with Gasteiger partial charge < -0.3 is 10.6 Å². The minimum absolute atomic E-state index is 0.0809. The molecule has 0 atom stereocenters. The standard InChI is InChI=1S/C15H15F2N3O/c1-9(2)19-14-11(4-3-7-18-14)15(21)20-13-8-10(16)5-6-12(13)17/h3-9H,1-2H3,(H,18,19)(H,20,21). The molecule has 0 spiro atoms. The molecule has 110 valence electrons. The molecular formula is C15H15F2N3O. The molecule has 0 fully saturated rings. The van der Waals surface area contributed by atoms with E-state index < -0.39 is 17.5 Å². The van der Waals surface area contributed by atoms with E-state index in [0.29, 0.717) is 5.82 Å². The summed E-state index contributed by atoms with van der Waals surface area (Å²) in [6, 6.07) is 6.12. The van der Waals surface area contributed by atoms with Crippen molar-refractivity contribution in [2.45, 2.75) is 19.9 Å². The molecule has 1 aromatic heterocycles. The first kappa shape index (κ1) is 14.9. The van der Waals surface area contributed by atoms with Crippen molar-refractivity contribution in [1.82, 2.24) is 4.98 Å². The number of hydrogen-bond acceptors (Lipinski definition) is 3. The van der Waals surface area contributed by atoms with Gasteiger partial charge in [-0.3, -0.25) is 4.79 Å². The number of aromatic nitrogens is 1. The number of carbonyl (C=O) groups excluding carboxylic acids is 1. The zero-order valence-corrected chi connectivity index (χ0v) is 11.7. The molecule has 0 unspecified atom stereocenters. The third-order valence-corrected chi connectivity index (χ3v) is 2.65. The smallest absolute Gasteiger partial charge is 0.259 e. The summed E-state index contributed by atoms with van der Waals surface area (Å²) in [7, 11) is 0. The van der Waals surface area contributed by atoms with Crippen LogP contribution in [0.4, 0.5) is 20.3 Å². The molecule has 0 bridgehead atoms. The van der Waals surface area contributed by atoms with Gasteiger partial charge in [-0.25, -0.2) is 13.8 Å². The average molecular weight is 291 g/mol. The fourth-order valence-electron chi connectivity index (χ4n) is 1.76. The van der Waals surface area contributed by atoms with Gasteiger partial charge in [-0.15, -0.1) is 0 Å². The zero-order valence-electron chi connectivity index (χ0n) is 11.7. The van der Waals surface area contributed by atoms with Gasteiger partial charge in [0.25, 0.3) is 5.91 Å². The lowest BCUT2D eigenvalue weighted by Gasteiger charge is -2.13. The van der Waals surface area contributed by atoms with E-state index in [1.54, 1.807) is 18.3 Å². The first-order valence-electron chi connectivity index (χ1n) is 6.45. The van der Waals surface area contributed by atoms with Crippen molar-refractivity contribution >= 4 is 17.4 Å². The number of carbonyl (C=O) groups is 1. The van der Waals surface area contributed by atoms with Crippen LogP contribution in [-0.4, -0.2) is 16.9 Å². The van der Waals surface area contributed by atoms with Crippen LogP contribution in [0, 0.1) is 11.6 Å². The molecule has 0 saturated heterocycles. The van der Waals surface area contributed by atoms with Gasteiger partial charge >= 0.3 is 0 Å². The summed E-state index contributed by atoms with van der Waals surface area (Å²) in [6.07, 6.45) is 1.55. The molecule has 0 radical (unpaired) electrons. The molecular weight excluding hydrogens is 276 g/mol. The number of nitrogens with zero attached hydrogens (tertiary/aromatic N) is 1. The van der Waals surface area contributed by atoms with Crippen LogP contribution in [0.5, 0.6) is 0 Å². The summed E-state index contributed by atoms with van der Waals surface area (Å²) in [5.74, 6) is -1.50. The minimum Gasteiger partial charge on any atom is -0.367 e. The highest BCUT2D eigenvalue weighted by molar-refractivity contribution is 6.07. The molecule has 2 N–H and O–H groups in total. The van der Waals surface area contributed by atoms with Crippen LogP contribution in [0.2, 0.25) is 0 Å². The van der Waals surface area contributed by atoms with Gasteiger partial charge in [-0.05, 0) is 38.1 Å². The van der Waals surface area contributed by atoms with Crippen molar-refractivity contribution < 1.29 is 13.6 Å². The number of hydrogen-bond donors (Lipinski definition) is 2. The van der Waals surface area contributed by atoms with Crippen molar-refractivity contribution in [1.29, 1.82) is 0 Å². The monoisotopic (exact) mass is 291 g/mol. The van der Waals surface area contributed by atoms with E-state index in [1.807, 2.05) is 13.8 Å². The van der Waals surface area contributed by atoms with Crippen LogP contribution >= 0.6 is 0 Å². The largest absolute Gasteiger partial charge is 0.367 e. The number of benzene rings is 1. The Morgan fingerprint density at radius 3 is 2.71 bits per heavy atom. The van der Waals surface area contributed by atoms with Gasteiger partial charge in [0, 0.05) is 18.3 Å². The van der Waals surface area contributed by atoms with Crippen LogP contribution in [0.1, 0.15) is 24.2 Å². The van der Waals surface area contributed by atoms with Gasteiger partial charge in [0.1, 0.15) is 17.5 Å². The highest BCUT2D eigenvalue weighted by atomic mass is 19.1. The zero-order chi connectivity index (χ0) is 15.4. The van der Waals surface area contributed by atoms with Crippen LogP contribution in [0.15, 0.2) is 36.5 Å². The number of rotatable bonds is 4. The molecule has 1 heterocycles. The third kappa shape index (κ3) is 3.75. The second-order valence-corrected chi connectivity index (χ2v) is 4.78. The number of pyridine rings is 1. The average Bonchev–Trinajstić information content (AvgIpc) is 2.42. The van der Waals surface area contributed by atoms with Gasteiger partial charge in [-0.2, -0.15) is 0 Å². The van der Waals surface area contributed by atoms with E-state index in [0.717, 1.165) is 18.2 Å². The molecule has 1 amide bonds. The Bertz CT molecular complexity index is 659. The van der Waals surface area contributed by atoms with Crippen molar-refractivity contribution in [3.05, 3.63) is 53.7 Å². The Labute approximate surface area is 121 Å². The maximum absolute atomic E-state index is 13.5. The summed E-state index contributed by atoms with van der Waals surface area (Å²) < 4.78 is 26.7. The summed E-state index contributed by atoms with van der Waals surface area (Å²) in [6.45, 7) is 3.81. The topological polar surface area (TPSA) is 54.0 Å². The maximum atomic E-state index is 13.5. The summed E-state index contributed by atoms with van der Waals surface area (Å²) in [5.41, 5.74) is 0.0502. The Kier molecular flexibility index (Phi) is 4.47. The SMILES string of the molecule is CC(C)Nc1ncccc1C(=O)Nc1cc(F)ccc1F. The van der Waals surface area contributed by atoms with E-state index in [9.17, 15) is 13.6 Å². The third-order valence-electron chi connectivity index (χ3n) is 2.65. The number of halogens is 2. The van der Waals surface area contributed by atoms with Gasteiger partial charge in [-0.1, -0.05) is 0 Å². The fourth-order valence-corrected chi connectivity index (χ4v) is 1.76. The number of amides is 1. The predicted molar refractivity (Wildman–Crippen MR) is 77.3 cm³/mol. The van der Waals surface area contributed by atoms with E-state index in [1.165, 1.54) is 0 Å². The molecule has 4 nitrogen and oxygen atoms in total. The Morgan fingerprint density at radius 1 is 1.24 bits per heavy atom. The lowest BCUT2D eigenvalue weighted by atomic mass is 10.2. The van der Waals surface area contributed by atoms with Crippen LogP contribution < -0.4 is 10.6 Å². The molecule has 21 heavy (non-hydrogen) atoms. The first-order chi connectivity index (χ1) is 9.97. The van der Waals surface area contributed by atoms with Gasteiger partial charge in [0.05, 0.1) is 11.3 Å². The van der Waals surface area contributed by atoms with Gasteiger partial charge in [0.2, 0.25) is 0 Å². The van der Waals surface area contributed by atoms with E-state index in [-0.39, 0.29) is 17.3 Å². The molecule has 0 aliphatic heterocycles. The lowest BCUT2D eigenvalue weighted by molar-refractivity contribution is 0.102. The van der Waals surface area contributed by atoms with Gasteiger partial charge in [0.15, 0.2) is 0 Å². The quantitative estimate of drug-likeness (QED) is 0.907. The highest BCUT2D eigenvalue weighted by Gasteiger charge is 2.15. The number of anilines is 2. The fraction of sp³-hybridized carbons (Fsp3) is 0.200. The van der Waals surface area contributed by atoms with Crippen molar-refractivity contribution in [2.24, 2.45) is 0 Å². The Balaban J connectivity index is 2.26. The molecule has 0 aliphatic rings. The van der Waals surface area contributed by atoms with E-state index >= 15 is 0 Å². The van der Waals surface area contributed by atoms with Crippen molar-refractivity contribution in [3.63, 3.8) is 0 Å². The van der Waals surface area contributed by atoms with E-state index in [4.69, 9.17) is 0 Å². The Morgan fingerprint density at radius 2 is 2.00 bits per heavy atom. The minimum atomic E-state index is -0.702. The lowest BCUT2D eigenvalue weighted by Crippen LogP contribution is -2.19. The molecule has 2 aromatic rings. The predicted octanol–water partition coefficient (Wildman–Crippen LogP) is 3.43. The van der Waals surface area contributed by atoms with E-state index in [2.05, 4.69) is 15.6 Å². The molecule has 0 aliphatic carbocycles. The summed E-state index contributed by atoms with van der Waals surface area (Å²) >= 11 is 0. The molecule has 6 heteroatoms. The maximum Gasteiger partial charge on any atom is 0.259 e. The van der Waals surface area contributed by atoms with Crippen LogP contribution in [0.25, 0.3) is 0 Å². The highest BCUT2D eigenvalue weighted by Crippen LogP contribution is 2.19. The first-order valence-corrected chi connectivity index (χ1v) is 6.45. The molecule has 0 saturated carbocycles. The van der Waals surface area contributed by atoms with Crippen LogP contribution in [-0.2, 0) is 0 Å². The summed E-state index contributed by atoms with van der Waals surface area (Å²) in [4.78, 5) is 16.3. The molecule has 2 rings (SSSR count). The van der Waals surface area contributed by atoms with Crippen LogP contribution in [0.3, 0.4) is 0 Å². The summed E-state index contributed by atoms with van der Waals surface area (Å²) in [5, 5.41) is 5.37. The second-order valence-electron chi connectivity index (χ2n) is 4.78. The van der Waals surface area contributed by atoms with Crippen molar-refractivity contribution in [3.8, 4) is 0 Å². The Hall–Kier alpha value is -2.50. The normalized spacial score (nSPS) is 10.5. The number of nitrogens with one attached hydrogen (secondary N) is 2. The van der Waals surface area contributed by atoms with Crippen molar-refractivity contribution in [2.75, 3.05) is 10.6 Å².